The van der Waals surface area contributed by atoms with Crippen LogP contribution in [0.2, 0.25) is 5.02 Å². The Morgan fingerprint density at radius 2 is 1.94 bits per heavy atom. The molecule has 16 heavy (non-hydrogen) atoms. The van der Waals surface area contributed by atoms with Crippen LogP contribution in [0, 0.1) is 11.2 Å². The zero-order valence-corrected chi connectivity index (χ0v) is 13.0. The molecule has 0 fully saturated rings. The summed E-state index contributed by atoms with van der Waals surface area (Å²) in [6.45, 7) is 2.15. The number of rotatable bonds is 5. The maximum atomic E-state index is 12.9. The summed E-state index contributed by atoms with van der Waals surface area (Å²) in [5.74, 6) is -0.284. The lowest BCUT2D eigenvalue weighted by Gasteiger charge is -2.29. The molecule has 0 atom stereocenters. The van der Waals surface area contributed by atoms with Crippen LogP contribution in [0.4, 0.5) is 4.39 Å². The van der Waals surface area contributed by atoms with Gasteiger partial charge in [-0.15, -0.1) is 0 Å². The van der Waals surface area contributed by atoms with Crippen molar-refractivity contribution in [1.29, 1.82) is 0 Å². The van der Waals surface area contributed by atoms with E-state index in [4.69, 9.17) is 11.6 Å². The molecule has 0 unspecified atom stereocenters. The van der Waals surface area contributed by atoms with E-state index < -0.39 is 0 Å². The predicted molar refractivity (Wildman–Crippen MR) is 75.4 cm³/mol. The Bertz CT molecular complexity index is 343. The van der Waals surface area contributed by atoms with Gasteiger partial charge in [-0.3, -0.25) is 0 Å². The Hall–Kier alpha value is 0.400. The number of benzene rings is 1. The summed E-state index contributed by atoms with van der Waals surface area (Å²) in [5.41, 5.74) is 1.14. The van der Waals surface area contributed by atoms with Crippen LogP contribution in [0.5, 0.6) is 0 Å². The normalized spacial score (nSPS) is 11.8. The third-order valence-corrected chi connectivity index (χ3v) is 5.63. The van der Waals surface area contributed by atoms with Crippen LogP contribution in [-0.4, -0.2) is 10.7 Å². The van der Waals surface area contributed by atoms with Crippen molar-refractivity contribution < 1.29 is 4.39 Å². The van der Waals surface area contributed by atoms with E-state index in [0.29, 0.717) is 5.02 Å². The molecule has 0 radical (unpaired) electrons. The Morgan fingerprint density at radius 3 is 2.38 bits per heavy atom. The smallest absolute Gasteiger partial charge is 0.124 e. The van der Waals surface area contributed by atoms with Crippen LogP contribution >= 0.6 is 43.5 Å². The van der Waals surface area contributed by atoms with Gasteiger partial charge in [-0.05, 0) is 36.0 Å². The second kappa shape index (κ2) is 6.36. The Labute approximate surface area is 118 Å². The molecule has 0 amide bonds. The van der Waals surface area contributed by atoms with Crippen LogP contribution in [0.15, 0.2) is 18.2 Å². The first-order valence-electron chi connectivity index (χ1n) is 5.13. The van der Waals surface area contributed by atoms with E-state index in [2.05, 4.69) is 38.8 Å². The maximum Gasteiger partial charge on any atom is 0.124 e. The van der Waals surface area contributed by atoms with Crippen molar-refractivity contribution in [2.24, 2.45) is 5.41 Å². The van der Waals surface area contributed by atoms with Crippen LogP contribution < -0.4 is 0 Å². The quantitative estimate of drug-likeness (QED) is 0.623. The van der Waals surface area contributed by atoms with Crippen LogP contribution in [0.3, 0.4) is 0 Å². The van der Waals surface area contributed by atoms with Gasteiger partial charge in [0, 0.05) is 15.7 Å². The molecule has 90 valence electrons. The average Bonchev–Trinajstić information content (AvgIpc) is 2.29. The maximum absolute atomic E-state index is 12.9. The van der Waals surface area contributed by atoms with E-state index in [0.717, 1.165) is 29.1 Å². The third-order valence-electron chi connectivity index (χ3n) is 2.90. The lowest BCUT2D eigenvalue weighted by molar-refractivity contribution is 0.373. The summed E-state index contributed by atoms with van der Waals surface area (Å²) in [7, 11) is 0. The first kappa shape index (κ1) is 14.5. The molecule has 1 aromatic rings. The predicted octanol–water partition coefficient (Wildman–Crippen LogP) is 5.21. The molecule has 0 N–H and O–H groups in total. The molecule has 0 spiro atoms. The minimum Gasteiger partial charge on any atom is -0.207 e. The van der Waals surface area contributed by atoms with Gasteiger partial charge in [0.15, 0.2) is 0 Å². The molecule has 0 aliphatic heterocycles. The molecule has 0 saturated heterocycles. The minimum atomic E-state index is -0.284. The lowest BCUT2D eigenvalue weighted by Crippen LogP contribution is -2.26. The minimum absolute atomic E-state index is 0.140. The number of hydrogen-bond acceptors (Lipinski definition) is 0. The van der Waals surface area contributed by atoms with E-state index >= 15 is 0 Å². The van der Waals surface area contributed by atoms with Gasteiger partial charge < -0.3 is 0 Å². The SMILES string of the molecule is CCC(CBr)(CBr)Cc1ccc(F)cc1Cl. The lowest BCUT2D eigenvalue weighted by atomic mass is 9.83. The van der Waals surface area contributed by atoms with Crippen molar-refractivity contribution in [2.45, 2.75) is 19.8 Å². The van der Waals surface area contributed by atoms with Crippen molar-refractivity contribution in [3.05, 3.63) is 34.6 Å². The molecule has 4 heteroatoms. The van der Waals surface area contributed by atoms with E-state index in [9.17, 15) is 4.39 Å². The molecule has 0 aliphatic rings. The van der Waals surface area contributed by atoms with Crippen LogP contribution in [0.1, 0.15) is 18.9 Å². The molecular weight excluding hydrogens is 358 g/mol. The largest absolute Gasteiger partial charge is 0.207 e. The van der Waals surface area contributed by atoms with Crippen molar-refractivity contribution in [3.8, 4) is 0 Å². The highest BCUT2D eigenvalue weighted by atomic mass is 79.9. The van der Waals surface area contributed by atoms with Gasteiger partial charge in [0.05, 0.1) is 0 Å². The Kier molecular flexibility index (Phi) is 5.75. The van der Waals surface area contributed by atoms with E-state index in [1.807, 2.05) is 0 Å². The van der Waals surface area contributed by atoms with E-state index in [1.54, 1.807) is 6.07 Å². The topological polar surface area (TPSA) is 0 Å². The molecule has 0 bridgehead atoms. The number of hydrogen-bond donors (Lipinski definition) is 0. The second-order valence-corrected chi connectivity index (χ2v) is 5.56. The summed E-state index contributed by atoms with van der Waals surface area (Å²) in [5, 5.41) is 2.31. The van der Waals surface area contributed by atoms with Gasteiger partial charge in [-0.2, -0.15) is 0 Å². The molecule has 0 aromatic heterocycles. The molecular formula is C12H14Br2ClF. The van der Waals surface area contributed by atoms with Crippen molar-refractivity contribution in [1.82, 2.24) is 0 Å². The standard InChI is InChI=1S/C12H14Br2ClF/c1-2-12(7-13,8-14)6-9-3-4-10(16)5-11(9)15/h3-5H,2,6-8H2,1H3. The van der Waals surface area contributed by atoms with Gasteiger partial charge in [0.25, 0.3) is 0 Å². The average molecular weight is 373 g/mol. The van der Waals surface area contributed by atoms with Gasteiger partial charge in [-0.25, -0.2) is 4.39 Å². The number of alkyl halides is 2. The van der Waals surface area contributed by atoms with Crippen molar-refractivity contribution >= 4 is 43.5 Å². The van der Waals surface area contributed by atoms with Crippen LogP contribution in [-0.2, 0) is 6.42 Å². The fourth-order valence-corrected chi connectivity index (χ4v) is 3.87. The Morgan fingerprint density at radius 1 is 1.31 bits per heavy atom. The summed E-state index contributed by atoms with van der Waals surface area (Å²) in [4.78, 5) is 0. The molecule has 0 aliphatic carbocycles. The summed E-state index contributed by atoms with van der Waals surface area (Å²) >= 11 is 13.1. The third kappa shape index (κ3) is 3.44. The summed E-state index contributed by atoms with van der Waals surface area (Å²) in [6.07, 6.45) is 1.89. The molecule has 0 saturated carbocycles. The van der Waals surface area contributed by atoms with Gasteiger partial charge >= 0.3 is 0 Å². The highest BCUT2D eigenvalue weighted by Gasteiger charge is 2.26. The van der Waals surface area contributed by atoms with Crippen molar-refractivity contribution in [2.75, 3.05) is 10.7 Å². The van der Waals surface area contributed by atoms with Gasteiger partial charge in [0.1, 0.15) is 5.82 Å². The fourth-order valence-electron chi connectivity index (χ4n) is 1.51. The Balaban J connectivity index is 2.93. The summed E-state index contributed by atoms with van der Waals surface area (Å²) in [6, 6.07) is 4.61. The van der Waals surface area contributed by atoms with Gasteiger partial charge in [0.2, 0.25) is 0 Å². The second-order valence-electron chi connectivity index (χ2n) is 4.03. The number of halogens is 4. The van der Waals surface area contributed by atoms with E-state index in [-0.39, 0.29) is 11.2 Å². The monoisotopic (exact) mass is 370 g/mol. The molecule has 1 rings (SSSR count). The zero-order valence-electron chi connectivity index (χ0n) is 9.07. The van der Waals surface area contributed by atoms with E-state index in [1.165, 1.54) is 12.1 Å². The van der Waals surface area contributed by atoms with Crippen LogP contribution in [0.25, 0.3) is 0 Å². The zero-order chi connectivity index (χ0) is 12.2. The molecule has 0 nitrogen and oxygen atoms in total. The highest BCUT2D eigenvalue weighted by Crippen LogP contribution is 2.33. The first-order valence-corrected chi connectivity index (χ1v) is 7.75. The van der Waals surface area contributed by atoms with Gasteiger partial charge in [-0.1, -0.05) is 56.5 Å². The highest BCUT2D eigenvalue weighted by molar-refractivity contribution is 9.09. The molecule has 0 heterocycles. The fraction of sp³-hybridized carbons (Fsp3) is 0.500. The summed E-state index contributed by atoms with van der Waals surface area (Å²) < 4.78 is 12.9. The first-order chi connectivity index (χ1) is 7.56. The van der Waals surface area contributed by atoms with Crippen molar-refractivity contribution in [3.63, 3.8) is 0 Å². The molecule has 1 aromatic carbocycles.